The second kappa shape index (κ2) is 5.79. The SMILES string of the molecule is COc1cc(OC(F)(F)F)cc(Cl)c1C1C(=O)NC(C)(C2CC2)C1=O. The Morgan fingerprint density at radius 2 is 1.92 bits per heavy atom. The van der Waals surface area contributed by atoms with Gasteiger partial charge in [0, 0.05) is 11.6 Å². The molecule has 5 nitrogen and oxygen atoms in total. The van der Waals surface area contributed by atoms with Gasteiger partial charge in [-0.2, -0.15) is 0 Å². The molecule has 2 unspecified atom stereocenters. The monoisotopic (exact) mass is 377 g/mol. The molecule has 25 heavy (non-hydrogen) atoms. The highest BCUT2D eigenvalue weighted by Gasteiger charge is 2.58. The zero-order valence-corrected chi connectivity index (χ0v) is 14.1. The second-order valence-electron chi connectivity index (χ2n) is 6.33. The topological polar surface area (TPSA) is 64.6 Å². The third-order valence-corrected chi connectivity index (χ3v) is 4.93. The number of carbonyl (C=O) groups is 2. The van der Waals surface area contributed by atoms with Crippen molar-refractivity contribution in [3.05, 3.63) is 22.7 Å². The normalized spacial score (nSPS) is 26.6. The number of Topliss-reactive ketones (excluding diaryl/α,β-unsaturated/α-hetero) is 1. The fourth-order valence-electron chi connectivity index (χ4n) is 3.25. The van der Waals surface area contributed by atoms with E-state index in [1.54, 1.807) is 6.92 Å². The largest absolute Gasteiger partial charge is 0.573 e. The van der Waals surface area contributed by atoms with Gasteiger partial charge in [-0.15, -0.1) is 13.2 Å². The molecular formula is C16H15ClF3NO4. The molecule has 1 N–H and O–H groups in total. The Hall–Kier alpha value is -1.96. The Balaban J connectivity index is 2.02. The van der Waals surface area contributed by atoms with Gasteiger partial charge in [0.1, 0.15) is 17.4 Å². The molecule has 1 amide bonds. The maximum Gasteiger partial charge on any atom is 0.573 e. The number of halogens is 4. The Morgan fingerprint density at radius 3 is 2.44 bits per heavy atom. The van der Waals surface area contributed by atoms with Crippen LogP contribution in [-0.2, 0) is 9.59 Å². The quantitative estimate of drug-likeness (QED) is 0.818. The first-order valence-electron chi connectivity index (χ1n) is 7.56. The molecule has 1 aromatic rings. The molecule has 1 saturated heterocycles. The minimum absolute atomic E-state index is 0.0468. The van der Waals surface area contributed by atoms with Crippen LogP contribution in [0.15, 0.2) is 12.1 Å². The molecule has 1 heterocycles. The van der Waals surface area contributed by atoms with E-state index in [0.29, 0.717) is 0 Å². The number of hydrogen-bond acceptors (Lipinski definition) is 4. The standard InChI is InChI=1S/C16H15ClF3NO4/c1-15(7-3-4-7)13(22)12(14(23)21-15)11-9(17)5-8(6-10(11)24-2)25-16(18,19)20/h5-7,12H,3-4H2,1-2H3,(H,21,23). The highest BCUT2D eigenvalue weighted by Crippen LogP contribution is 2.48. The van der Waals surface area contributed by atoms with Crippen LogP contribution in [0.25, 0.3) is 0 Å². The van der Waals surface area contributed by atoms with Gasteiger partial charge in [-0.1, -0.05) is 11.6 Å². The van der Waals surface area contributed by atoms with E-state index >= 15 is 0 Å². The summed E-state index contributed by atoms with van der Waals surface area (Å²) in [7, 11) is 1.21. The van der Waals surface area contributed by atoms with Crippen molar-refractivity contribution in [1.82, 2.24) is 5.32 Å². The summed E-state index contributed by atoms with van der Waals surface area (Å²) >= 11 is 6.08. The van der Waals surface area contributed by atoms with Crippen molar-refractivity contribution in [3.8, 4) is 11.5 Å². The first-order valence-corrected chi connectivity index (χ1v) is 7.94. The van der Waals surface area contributed by atoms with Gasteiger partial charge in [0.15, 0.2) is 5.78 Å². The summed E-state index contributed by atoms with van der Waals surface area (Å²) in [6.45, 7) is 1.66. The smallest absolute Gasteiger partial charge is 0.496 e. The minimum atomic E-state index is -4.90. The third-order valence-electron chi connectivity index (χ3n) is 4.62. The molecule has 1 aromatic carbocycles. The van der Waals surface area contributed by atoms with Crippen LogP contribution in [0.2, 0.25) is 5.02 Å². The number of hydrogen-bond donors (Lipinski definition) is 1. The van der Waals surface area contributed by atoms with E-state index in [1.165, 1.54) is 7.11 Å². The van der Waals surface area contributed by atoms with E-state index in [9.17, 15) is 22.8 Å². The zero-order valence-electron chi connectivity index (χ0n) is 13.4. The summed E-state index contributed by atoms with van der Waals surface area (Å²) in [5, 5.41) is 2.51. The van der Waals surface area contributed by atoms with Crippen molar-refractivity contribution in [3.63, 3.8) is 0 Å². The molecule has 136 valence electrons. The van der Waals surface area contributed by atoms with Crippen molar-refractivity contribution >= 4 is 23.3 Å². The van der Waals surface area contributed by atoms with Crippen molar-refractivity contribution in [2.75, 3.05) is 7.11 Å². The Morgan fingerprint density at radius 1 is 1.28 bits per heavy atom. The van der Waals surface area contributed by atoms with Gasteiger partial charge in [-0.25, -0.2) is 0 Å². The third kappa shape index (κ3) is 3.15. The molecule has 0 aromatic heterocycles. The van der Waals surface area contributed by atoms with Crippen LogP contribution in [0.4, 0.5) is 13.2 Å². The molecule has 1 aliphatic carbocycles. The van der Waals surface area contributed by atoms with E-state index in [4.69, 9.17) is 16.3 Å². The summed E-state index contributed by atoms with van der Waals surface area (Å²) < 4.78 is 46.1. The predicted octanol–water partition coefficient (Wildman–Crippen LogP) is 3.20. The van der Waals surface area contributed by atoms with E-state index in [-0.39, 0.29) is 28.0 Å². The van der Waals surface area contributed by atoms with Gasteiger partial charge in [0.25, 0.3) is 0 Å². The molecular weight excluding hydrogens is 363 g/mol. The number of ether oxygens (including phenoxy) is 2. The number of nitrogens with one attached hydrogen (secondary N) is 1. The molecule has 9 heteroatoms. The average molecular weight is 378 g/mol. The first-order chi connectivity index (χ1) is 11.6. The second-order valence-corrected chi connectivity index (χ2v) is 6.74. The van der Waals surface area contributed by atoms with E-state index in [0.717, 1.165) is 25.0 Å². The van der Waals surface area contributed by atoms with Crippen molar-refractivity contribution in [2.45, 2.75) is 37.6 Å². The molecule has 0 spiro atoms. The van der Waals surface area contributed by atoms with Crippen LogP contribution in [-0.4, -0.2) is 30.7 Å². The van der Waals surface area contributed by atoms with E-state index in [1.807, 2.05) is 0 Å². The zero-order chi connectivity index (χ0) is 18.6. The fourth-order valence-corrected chi connectivity index (χ4v) is 3.56. The number of methoxy groups -OCH3 is 1. The lowest BCUT2D eigenvalue weighted by Crippen LogP contribution is -2.45. The van der Waals surface area contributed by atoms with E-state index < -0.39 is 29.5 Å². The van der Waals surface area contributed by atoms with Gasteiger partial charge < -0.3 is 14.8 Å². The Kier molecular flexibility index (Phi) is 4.14. The molecule has 3 rings (SSSR count). The number of rotatable bonds is 4. The summed E-state index contributed by atoms with van der Waals surface area (Å²) in [6, 6.07) is 1.88. The molecule has 0 radical (unpaired) electrons. The van der Waals surface area contributed by atoms with Gasteiger partial charge >= 0.3 is 6.36 Å². The number of alkyl halides is 3. The van der Waals surface area contributed by atoms with Crippen molar-refractivity contribution < 1.29 is 32.2 Å². The highest BCUT2D eigenvalue weighted by atomic mass is 35.5. The van der Waals surface area contributed by atoms with Crippen LogP contribution in [0, 0.1) is 5.92 Å². The van der Waals surface area contributed by atoms with Gasteiger partial charge in [0.2, 0.25) is 5.91 Å². The van der Waals surface area contributed by atoms with Crippen molar-refractivity contribution in [2.24, 2.45) is 5.92 Å². The number of amides is 1. The Bertz CT molecular complexity index is 748. The molecule has 0 bridgehead atoms. The average Bonchev–Trinajstić information content (AvgIpc) is 3.29. The lowest BCUT2D eigenvalue weighted by Gasteiger charge is -2.22. The summed E-state index contributed by atoms with van der Waals surface area (Å²) in [5.74, 6) is -2.76. The van der Waals surface area contributed by atoms with E-state index in [2.05, 4.69) is 10.1 Å². The fraction of sp³-hybridized carbons (Fsp3) is 0.500. The van der Waals surface area contributed by atoms with Crippen LogP contribution in [0.1, 0.15) is 31.2 Å². The molecule has 1 aliphatic heterocycles. The summed E-state index contributed by atoms with van der Waals surface area (Å²) in [6.07, 6.45) is -3.24. The lowest BCUT2D eigenvalue weighted by molar-refractivity contribution is -0.274. The maximum absolute atomic E-state index is 12.8. The van der Waals surface area contributed by atoms with Crippen LogP contribution < -0.4 is 14.8 Å². The number of benzene rings is 1. The molecule has 2 fully saturated rings. The van der Waals surface area contributed by atoms with Gasteiger partial charge in [-0.05, 0) is 31.7 Å². The number of ketones is 1. The summed E-state index contributed by atoms with van der Waals surface area (Å²) in [4.78, 5) is 25.3. The number of carbonyl (C=O) groups excluding carboxylic acids is 2. The summed E-state index contributed by atoms with van der Waals surface area (Å²) in [5.41, 5.74) is -0.942. The first kappa shape index (κ1) is 17.8. The predicted molar refractivity (Wildman–Crippen MR) is 81.7 cm³/mol. The Labute approximate surface area is 146 Å². The van der Waals surface area contributed by atoms with Crippen LogP contribution in [0.5, 0.6) is 11.5 Å². The maximum atomic E-state index is 12.8. The minimum Gasteiger partial charge on any atom is -0.496 e. The molecule has 2 aliphatic rings. The van der Waals surface area contributed by atoms with Crippen LogP contribution >= 0.6 is 11.6 Å². The van der Waals surface area contributed by atoms with Crippen molar-refractivity contribution in [1.29, 1.82) is 0 Å². The van der Waals surface area contributed by atoms with Crippen LogP contribution in [0.3, 0.4) is 0 Å². The molecule has 2 atom stereocenters. The molecule has 1 saturated carbocycles. The van der Waals surface area contributed by atoms with Gasteiger partial charge in [-0.3, -0.25) is 9.59 Å². The van der Waals surface area contributed by atoms with Gasteiger partial charge in [0.05, 0.1) is 17.7 Å². The lowest BCUT2D eigenvalue weighted by atomic mass is 9.84. The highest BCUT2D eigenvalue weighted by molar-refractivity contribution is 6.33.